The average Bonchev–Trinajstić information content (AvgIpc) is 2.61. The Labute approximate surface area is 172 Å². The second kappa shape index (κ2) is 9.25. The predicted molar refractivity (Wildman–Crippen MR) is 107 cm³/mol. The van der Waals surface area contributed by atoms with Gasteiger partial charge in [0.15, 0.2) is 0 Å². The van der Waals surface area contributed by atoms with Crippen molar-refractivity contribution in [1.82, 2.24) is 0 Å². The van der Waals surface area contributed by atoms with E-state index in [0.29, 0.717) is 24.1 Å². The summed E-state index contributed by atoms with van der Waals surface area (Å²) in [5.41, 5.74) is 0.614. The molecule has 0 spiro atoms. The lowest BCUT2D eigenvalue weighted by Gasteiger charge is -2.34. The van der Waals surface area contributed by atoms with E-state index < -0.39 is 29.0 Å². The summed E-state index contributed by atoms with van der Waals surface area (Å²) >= 11 is 3.13. The van der Waals surface area contributed by atoms with Crippen LogP contribution in [0.15, 0.2) is 23.8 Å². The third-order valence-corrected chi connectivity index (χ3v) is 5.85. The quantitative estimate of drug-likeness (QED) is 0.240. The van der Waals surface area contributed by atoms with Gasteiger partial charge >= 0.3 is 11.9 Å². The van der Waals surface area contributed by atoms with E-state index in [2.05, 4.69) is 40.6 Å². The van der Waals surface area contributed by atoms with Crippen LogP contribution in [0, 0.1) is 11.8 Å². The lowest BCUT2D eigenvalue weighted by Crippen LogP contribution is -2.29. The number of carbonyl (C=O) groups excluding carboxylic acids is 1. The molecule has 0 aliphatic heterocycles. The summed E-state index contributed by atoms with van der Waals surface area (Å²) in [4.78, 5) is 11.8. The maximum absolute atomic E-state index is 14.5. The van der Waals surface area contributed by atoms with Crippen molar-refractivity contribution < 1.29 is 28.5 Å². The first kappa shape index (κ1) is 22.7. The molecule has 0 saturated heterocycles. The van der Waals surface area contributed by atoms with E-state index >= 15 is 0 Å². The first-order valence-corrected chi connectivity index (χ1v) is 10.5. The lowest BCUT2D eigenvalue weighted by atomic mass is 9.70. The zero-order valence-electron chi connectivity index (χ0n) is 16.3. The molecule has 2 N–H and O–H groups in total. The fourth-order valence-corrected chi connectivity index (χ4v) is 3.98. The number of phenols is 2. The molecule has 0 fully saturated rings. The number of rotatable bonds is 7. The molecule has 4 nitrogen and oxygen atoms in total. The molecular formula is C21H27BrF2O4. The fourth-order valence-electron chi connectivity index (χ4n) is 3.75. The fraction of sp³-hybridized carbons (Fsp3) is 0.571. The Kier molecular flexibility index (Phi) is 7.48. The van der Waals surface area contributed by atoms with Gasteiger partial charge in [0.1, 0.15) is 11.5 Å². The van der Waals surface area contributed by atoms with Crippen LogP contribution in [0.25, 0.3) is 0 Å². The van der Waals surface area contributed by atoms with Crippen LogP contribution in [-0.4, -0.2) is 28.1 Å². The van der Waals surface area contributed by atoms with Gasteiger partial charge in [0, 0.05) is 16.5 Å². The molecule has 1 aromatic carbocycles. The highest BCUT2D eigenvalue weighted by Crippen LogP contribution is 2.49. The minimum Gasteiger partial charge on any atom is -0.508 e. The molecule has 1 aliphatic rings. The van der Waals surface area contributed by atoms with Crippen molar-refractivity contribution in [3.05, 3.63) is 34.9 Å². The summed E-state index contributed by atoms with van der Waals surface area (Å²) in [7, 11) is 0. The van der Waals surface area contributed by atoms with Crippen molar-refractivity contribution in [3.63, 3.8) is 0 Å². The normalized spacial score (nSPS) is 20.2. The van der Waals surface area contributed by atoms with Crippen molar-refractivity contribution in [2.45, 2.75) is 51.9 Å². The van der Waals surface area contributed by atoms with Crippen molar-refractivity contribution in [2.75, 3.05) is 11.9 Å². The molecule has 0 amide bonds. The van der Waals surface area contributed by atoms with Crippen LogP contribution in [0.5, 0.6) is 11.5 Å². The third-order valence-electron chi connectivity index (χ3n) is 5.29. The Morgan fingerprint density at radius 3 is 2.46 bits per heavy atom. The molecule has 0 bridgehead atoms. The van der Waals surface area contributed by atoms with Crippen LogP contribution in [0.2, 0.25) is 0 Å². The predicted octanol–water partition coefficient (Wildman–Crippen LogP) is 5.61. The first-order chi connectivity index (χ1) is 13.1. The van der Waals surface area contributed by atoms with Gasteiger partial charge in [0.2, 0.25) is 0 Å². The van der Waals surface area contributed by atoms with Gasteiger partial charge in [-0.25, -0.2) is 4.79 Å². The van der Waals surface area contributed by atoms with Crippen LogP contribution in [-0.2, 0) is 15.5 Å². The van der Waals surface area contributed by atoms with Gasteiger partial charge in [-0.05, 0) is 56.1 Å². The summed E-state index contributed by atoms with van der Waals surface area (Å²) in [6.07, 6.45) is 3.97. The van der Waals surface area contributed by atoms with E-state index in [1.54, 1.807) is 0 Å². The SMILES string of the molecule is CC1=CC[C@@H](C(C)C)[C@H](c2c(O)cc(C(F)(F)C(=O)OCCCBr)cc2O)C1. The Balaban J connectivity index is 2.36. The zero-order chi connectivity index (χ0) is 21.1. The van der Waals surface area contributed by atoms with Crippen LogP contribution in [0.1, 0.15) is 57.1 Å². The molecule has 1 aliphatic carbocycles. The molecule has 0 radical (unpaired) electrons. The Morgan fingerprint density at radius 2 is 1.93 bits per heavy atom. The van der Waals surface area contributed by atoms with E-state index in [1.165, 1.54) is 0 Å². The van der Waals surface area contributed by atoms with E-state index in [-0.39, 0.29) is 24.0 Å². The van der Waals surface area contributed by atoms with Gasteiger partial charge in [0.25, 0.3) is 0 Å². The zero-order valence-corrected chi connectivity index (χ0v) is 17.9. The number of hydrogen-bond acceptors (Lipinski definition) is 4. The van der Waals surface area contributed by atoms with E-state index in [1.807, 2.05) is 6.92 Å². The van der Waals surface area contributed by atoms with Crippen LogP contribution < -0.4 is 0 Å². The summed E-state index contributed by atoms with van der Waals surface area (Å²) in [6, 6.07) is 1.73. The molecule has 2 atom stereocenters. The molecule has 1 aromatic rings. The minimum absolute atomic E-state index is 0.139. The van der Waals surface area contributed by atoms with E-state index in [4.69, 9.17) is 0 Å². The number of ether oxygens (including phenoxy) is 1. The molecule has 0 aromatic heterocycles. The maximum atomic E-state index is 14.5. The number of esters is 1. The van der Waals surface area contributed by atoms with Crippen molar-refractivity contribution in [2.24, 2.45) is 11.8 Å². The highest BCUT2D eigenvalue weighted by Gasteiger charge is 2.44. The number of aromatic hydroxyl groups is 2. The second-order valence-corrected chi connectivity index (χ2v) is 8.48. The van der Waals surface area contributed by atoms with Crippen molar-refractivity contribution in [1.29, 1.82) is 0 Å². The molecule has 0 heterocycles. The monoisotopic (exact) mass is 460 g/mol. The lowest BCUT2D eigenvalue weighted by molar-refractivity contribution is -0.173. The van der Waals surface area contributed by atoms with Gasteiger partial charge in [-0.3, -0.25) is 0 Å². The summed E-state index contributed by atoms with van der Waals surface area (Å²) in [5.74, 6) is -6.23. The van der Waals surface area contributed by atoms with Gasteiger partial charge in [-0.1, -0.05) is 41.4 Å². The van der Waals surface area contributed by atoms with Gasteiger partial charge in [-0.15, -0.1) is 0 Å². The number of benzene rings is 1. The number of halogens is 3. The number of allylic oxidation sites excluding steroid dienone is 2. The topological polar surface area (TPSA) is 66.8 Å². The molecule has 2 rings (SSSR count). The van der Waals surface area contributed by atoms with Gasteiger partial charge in [0.05, 0.1) is 6.61 Å². The maximum Gasteiger partial charge on any atom is 0.381 e. The van der Waals surface area contributed by atoms with E-state index in [0.717, 1.165) is 24.1 Å². The molecular weight excluding hydrogens is 434 g/mol. The minimum atomic E-state index is -3.96. The van der Waals surface area contributed by atoms with E-state index in [9.17, 15) is 23.8 Å². The largest absolute Gasteiger partial charge is 0.508 e. The summed E-state index contributed by atoms with van der Waals surface area (Å²) in [6.45, 7) is 5.96. The smallest absolute Gasteiger partial charge is 0.381 e. The Morgan fingerprint density at radius 1 is 1.32 bits per heavy atom. The van der Waals surface area contributed by atoms with Crippen LogP contribution >= 0.6 is 15.9 Å². The number of hydrogen-bond donors (Lipinski definition) is 2. The van der Waals surface area contributed by atoms with Crippen molar-refractivity contribution >= 4 is 21.9 Å². The highest BCUT2D eigenvalue weighted by molar-refractivity contribution is 9.09. The van der Waals surface area contributed by atoms with Crippen LogP contribution in [0.4, 0.5) is 8.78 Å². The molecule has 0 saturated carbocycles. The average molecular weight is 461 g/mol. The number of carbonyl (C=O) groups is 1. The Bertz CT molecular complexity index is 723. The van der Waals surface area contributed by atoms with Crippen LogP contribution in [0.3, 0.4) is 0 Å². The molecule has 28 heavy (non-hydrogen) atoms. The number of phenolic OH excluding ortho intramolecular Hbond substituents is 2. The summed E-state index contributed by atoms with van der Waals surface area (Å²) in [5, 5.41) is 21.5. The van der Waals surface area contributed by atoms with Gasteiger partial charge < -0.3 is 14.9 Å². The summed E-state index contributed by atoms with van der Waals surface area (Å²) < 4.78 is 33.5. The molecule has 156 valence electrons. The first-order valence-electron chi connectivity index (χ1n) is 9.42. The highest BCUT2D eigenvalue weighted by atomic mass is 79.9. The standard InChI is InChI=1S/C21H27BrF2O4/c1-12(2)15-6-5-13(3)9-16(15)19-17(25)10-14(11-18(19)26)21(23,24)20(27)28-8-4-7-22/h5,10-12,15-16,25-26H,4,6-9H2,1-3H3/t15-,16+/m0/s1. The third kappa shape index (κ3) is 4.85. The molecule has 0 unspecified atom stereocenters. The number of alkyl halides is 3. The van der Waals surface area contributed by atoms with Gasteiger partial charge in [-0.2, -0.15) is 8.78 Å². The second-order valence-electron chi connectivity index (χ2n) is 7.69. The molecule has 7 heteroatoms. The Hall–Kier alpha value is -1.63. The van der Waals surface area contributed by atoms with Crippen molar-refractivity contribution in [3.8, 4) is 11.5 Å².